The van der Waals surface area contributed by atoms with E-state index in [4.69, 9.17) is 0 Å². The fourth-order valence-electron chi connectivity index (χ4n) is 1.56. The maximum Gasteiger partial charge on any atom is 0.131 e. The summed E-state index contributed by atoms with van der Waals surface area (Å²) in [6.07, 6.45) is 1.00. The SMILES string of the molecule is CCCN(C)S(=O)c1c(C)nn(C)c1C. The predicted molar refractivity (Wildman–Crippen MR) is 62.0 cm³/mol. The summed E-state index contributed by atoms with van der Waals surface area (Å²) < 4.78 is 15.8. The van der Waals surface area contributed by atoms with Crippen LogP contribution in [-0.4, -0.2) is 31.9 Å². The van der Waals surface area contributed by atoms with Crippen LogP contribution in [0.25, 0.3) is 0 Å². The Morgan fingerprint density at radius 2 is 2.07 bits per heavy atom. The Balaban J connectivity index is 3.00. The van der Waals surface area contributed by atoms with Crippen molar-refractivity contribution in [3.63, 3.8) is 0 Å². The molecule has 1 heterocycles. The van der Waals surface area contributed by atoms with Gasteiger partial charge in [0, 0.05) is 20.6 Å². The van der Waals surface area contributed by atoms with Crippen LogP contribution in [0.15, 0.2) is 4.90 Å². The fourth-order valence-corrected chi connectivity index (χ4v) is 2.90. The van der Waals surface area contributed by atoms with Crippen molar-refractivity contribution in [1.29, 1.82) is 0 Å². The summed E-state index contributed by atoms with van der Waals surface area (Å²) >= 11 is 0. The number of aryl methyl sites for hydroxylation is 2. The van der Waals surface area contributed by atoms with Gasteiger partial charge in [0.05, 0.1) is 16.3 Å². The molecule has 4 nitrogen and oxygen atoms in total. The Morgan fingerprint density at radius 1 is 1.47 bits per heavy atom. The molecule has 1 rings (SSSR count). The van der Waals surface area contributed by atoms with Crippen LogP contribution in [0, 0.1) is 13.8 Å². The summed E-state index contributed by atoms with van der Waals surface area (Å²) in [5.41, 5.74) is 1.84. The van der Waals surface area contributed by atoms with Gasteiger partial charge < -0.3 is 0 Å². The van der Waals surface area contributed by atoms with Crippen LogP contribution in [0.4, 0.5) is 0 Å². The van der Waals surface area contributed by atoms with Gasteiger partial charge >= 0.3 is 0 Å². The van der Waals surface area contributed by atoms with Crippen molar-refractivity contribution in [1.82, 2.24) is 14.1 Å². The molecule has 5 heteroatoms. The average molecular weight is 229 g/mol. The zero-order valence-electron chi connectivity index (χ0n) is 10.1. The number of hydrogen-bond donors (Lipinski definition) is 0. The molecule has 0 aliphatic heterocycles. The Morgan fingerprint density at radius 3 is 2.47 bits per heavy atom. The predicted octanol–water partition coefficient (Wildman–Crippen LogP) is 1.40. The van der Waals surface area contributed by atoms with Gasteiger partial charge in [-0.25, -0.2) is 8.51 Å². The van der Waals surface area contributed by atoms with Crippen LogP contribution in [0.1, 0.15) is 24.7 Å². The number of rotatable bonds is 4. The van der Waals surface area contributed by atoms with E-state index in [1.165, 1.54) is 0 Å². The van der Waals surface area contributed by atoms with E-state index in [1.54, 1.807) is 4.68 Å². The van der Waals surface area contributed by atoms with E-state index in [0.29, 0.717) is 0 Å². The molecule has 1 aromatic heterocycles. The first-order chi connectivity index (χ1) is 6.99. The zero-order chi connectivity index (χ0) is 11.6. The molecule has 0 aliphatic carbocycles. The van der Waals surface area contributed by atoms with E-state index in [9.17, 15) is 4.21 Å². The highest BCUT2D eigenvalue weighted by Crippen LogP contribution is 2.18. The molecule has 0 aliphatic rings. The molecule has 0 radical (unpaired) electrons. The Bertz CT molecular complexity index is 373. The summed E-state index contributed by atoms with van der Waals surface area (Å²) in [5, 5.41) is 4.27. The lowest BCUT2D eigenvalue weighted by Gasteiger charge is -2.14. The van der Waals surface area contributed by atoms with Gasteiger partial charge in [-0.1, -0.05) is 6.92 Å². The van der Waals surface area contributed by atoms with Crippen LogP contribution in [-0.2, 0) is 18.0 Å². The second-order valence-corrected chi connectivity index (χ2v) is 5.25. The molecule has 0 bridgehead atoms. The van der Waals surface area contributed by atoms with Crippen LogP contribution >= 0.6 is 0 Å². The summed E-state index contributed by atoms with van der Waals surface area (Å²) in [6.45, 7) is 6.77. The number of hydrogen-bond acceptors (Lipinski definition) is 2. The van der Waals surface area contributed by atoms with Crippen molar-refractivity contribution >= 4 is 11.0 Å². The van der Waals surface area contributed by atoms with E-state index in [-0.39, 0.29) is 0 Å². The van der Waals surface area contributed by atoms with Gasteiger partial charge in [0.25, 0.3) is 0 Å². The first-order valence-corrected chi connectivity index (χ1v) is 6.23. The third-order valence-electron chi connectivity index (χ3n) is 2.44. The molecule has 1 atom stereocenters. The second kappa shape index (κ2) is 4.90. The molecule has 0 spiro atoms. The lowest BCUT2D eigenvalue weighted by molar-refractivity contribution is 0.518. The first-order valence-electron chi connectivity index (χ1n) is 5.12. The summed E-state index contributed by atoms with van der Waals surface area (Å²) in [7, 11) is 2.68. The third-order valence-corrected chi connectivity index (χ3v) is 4.13. The minimum absolute atomic E-state index is 0.834. The van der Waals surface area contributed by atoms with Gasteiger partial charge in [-0.05, 0) is 20.3 Å². The quantitative estimate of drug-likeness (QED) is 0.783. The lowest BCUT2D eigenvalue weighted by Crippen LogP contribution is -2.22. The molecule has 0 aromatic carbocycles. The van der Waals surface area contributed by atoms with E-state index in [2.05, 4.69) is 12.0 Å². The molecular weight excluding hydrogens is 210 g/mol. The molecule has 0 amide bonds. The molecular formula is C10H19N3OS. The van der Waals surface area contributed by atoms with E-state index in [0.717, 1.165) is 29.2 Å². The smallest absolute Gasteiger partial charge is 0.131 e. The minimum Gasteiger partial charge on any atom is -0.271 e. The monoisotopic (exact) mass is 229 g/mol. The van der Waals surface area contributed by atoms with Crippen LogP contribution in [0.2, 0.25) is 0 Å². The summed E-state index contributed by atoms with van der Waals surface area (Å²) in [6, 6.07) is 0. The minimum atomic E-state index is -1.08. The molecule has 1 unspecified atom stereocenters. The summed E-state index contributed by atoms with van der Waals surface area (Å²) in [5.74, 6) is 0. The first kappa shape index (κ1) is 12.4. The average Bonchev–Trinajstić information content (AvgIpc) is 2.41. The largest absolute Gasteiger partial charge is 0.271 e. The van der Waals surface area contributed by atoms with Crippen molar-refractivity contribution in [2.75, 3.05) is 13.6 Å². The normalized spacial score (nSPS) is 13.5. The molecule has 1 aromatic rings. The highest BCUT2D eigenvalue weighted by atomic mass is 32.2. The topological polar surface area (TPSA) is 38.1 Å². The summed E-state index contributed by atoms with van der Waals surface area (Å²) in [4.78, 5) is 0.855. The van der Waals surface area contributed by atoms with Crippen LogP contribution in [0.5, 0.6) is 0 Å². The zero-order valence-corrected chi connectivity index (χ0v) is 10.9. The van der Waals surface area contributed by atoms with E-state index >= 15 is 0 Å². The van der Waals surface area contributed by atoms with Crippen molar-refractivity contribution in [2.24, 2.45) is 7.05 Å². The molecule has 0 saturated carbocycles. The number of aromatic nitrogens is 2. The van der Waals surface area contributed by atoms with Crippen molar-refractivity contribution < 1.29 is 4.21 Å². The van der Waals surface area contributed by atoms with Crippen molar-refractivity contribution in [3.05, 3.63) is 11.4 Å². The highest BCUT2D eigenvalue weighted by Gasteiger charge is 2.18. The maximum atomic E-state index is 12.2. The second-order valence-electron chi connectivity index (χ2n) is 3.72. The molecule has 0 N–H and O–H groups in total. The van der Waals surface area contributed by atoms with Gasteiger partial charge in [-0.15, -0.1) is 0 Å². The molecule has 0 saturated heterocycles. The Hall–Kier alpha value is -0.680. The van der Waals surface area contributed by atoms with Crippen molar-refractivity contribution in [2.45, 2.75) is 32.1 Å². The lowest BCUT2D eigenvalue weighted by atomic mass is 10.4. The molecule has 15 heavy (non-hydrogen) atoms. The fraction of sp³-hybridized carbons (Fsp3) is 0.700. The molecule has 0 fully saturated rings. The number of nitrogens with zero attached hydrogens (tertiary/aromatic N) is 3. The molecule has 86 valence electrons. The van der Waals surface area contributed by atoms with Gasteiger partial charge in [0.15, 0.2) is 0 Å². The van der Waals surface area contributed by atoms with E-state index in [1.807, 2.05) is 32.2 Å². The highest BCUT2D eigenvalue weighted by molar-refractivity contribution is 7.82. The van der Waals surface area contributed by atoms with Gasteiger partial charge in [-0.3, -0.25) is 4.68 Å². The van der Waals surface area contributed by atoms with Crippen molar-refractivity contribution in [3.8, 4) is 0 Å². The van der Waals surface area contributed by atoms with Gasteiger partial charge in [0.2, 0.25) is 0 Å². The Labute approximate surface area is 93.9 Å². The van der Waals surface area contributed by atoms with Gasteiger partial charge in [0.1, 0.15) is 11.0 Å². The van der Waals surface area contributed by atoms with Crippen LogP contribution in [0.3, 0.4) is 0 Å². The third kappa shape index (κ3) is 2.46. The standard InChI is InChI=1S/C10H19N3OS/c1-6-7-12(4)15(14)10-8(2)11-13(5)9(10)3/h6-7H2,1-5H3. The maximum absolute atomic E-state index is 12.2. The van der Waals surface area contributed by atoms with Gasteiger partial charge in [-0.2, -0.15) is 5.10 Å². The van der Waals surface area contributed by atoms with E-state index < -0.39 is 11.0 Å². The van der Waals surface area contributed by atoms with Crippen LogP contribution < -0.4 is 0 Å². The Kier molecular flexibility index (Phi) is 4.04.